The zero-order valence-electron chi connectivity index (χ0n) is 11.1. The summed E-state index contributed by atoms with van der Waals surface area (Å²) in [5.74, 6) is 0.0616. The first-order valence-electron chi connectivity index (χ1n) is 6.17. The van der Waals surface area contributed by atoms with E-state index in [9.17, 15) is 13.5 Å². The average Bonchev–Trinajstić information content (AvgIpc) is 2.98. The molecule has 0 saturated heterocycles. The summed E-state index contributed by atoms with van der Waals surface area (Å²) >= 11 is 0. The predicted octanol–water partition coefficient (Wildman–Crippen LogP) is 1.30. The third kappa shape index (κ3) is 4.16. The summed E-state index contributed by atoms with van der Waals surface area (Å²) < 4.78 is 31.7. The Balaban J connectivity index is 2.13. The molecule has 6 nitrogen and oxygen atoms in total. The maximum Gasteiger partial charge on any atom is 0.216 e. The number of hydrogen-bond acceptors (Lipinski definition) is 5. The first-order valence-corrected chi connectivity index (χ1v) is 7.82. The molecule has 1 aromatic carbocycles. The highest BCUT2D eigenvalue weighted by molar-refractivity contribution is 7.88. The number of nitrogens with one attached hydrogen (secondary N) is 1. The largest absolute Gasteiger partial charge is 0.468 e. The molecule has 7 heteroatoms. The SMILES string of the molecule is N#Cc1cccc(CS(=O)(=O)NC(CO)c2ccco2)c1. The molecule has 2 aromatic rings. The van der Waals surface area contributed by atoms with Gasteiger partial charge in [0, 0.05) is 0 Å². The lowest BCUT2D eigenvalue weighted by Crippen LogP contribution is -2.31. The van der Waals surface area contributed by atoms with Gasteiger partial charge in [0.2, 0.25) is 10.0 Å². The molecule has 0 aliphatic heterocycles. The van der Waals surface area contributed by atoms with Gasteiger partial charge in [-0.25, -0.2) is 13.1 Å². The number of sulfonamides is 1. The number of aliphatic hydroxyl groups excluding tert-OH is 1. The number of rotatable bonds is 6. The van der Waals surface area contributed by atoms with Crippen LogP contribution in [0.25, 0.3) is 0 Å². The van der Waals surface area contributed by atoms with Crippen molar-refractivity contribution >= 4 is 10.0 Å². The summed E-state index contributed by atoms with van der Waals surface area (Å²) in [6, 6.07) is 10.7. The molecule has 2 N–H and O–H groups in total. The molecule has 1 unspecified atom stereocenters. The maximum atomic E-state index is 12.1. The van der Waals surface area contributed by atoms with Crippen LogP contribution in [-0.2, 0) is 15.8 Å². The first kappa shape index (κ1) is 15.3. The van der Waals surface area contributed by atoms with Gasteiger partial charge < -0.3 is 9.52 Å². The van der Waals surface area contributed by atoms with Crippen LogP contribution < -0.4 is 4.72 Å². The summed E-state index contributed by atoms with van der Waals surface area (Å²) in [6.07, 6.45) is 1.41. The number of nitriles is 1. The molecule has 0 fully saturated rings. The Morgan fingerprint density at radius 3 is 2.76 bits per heavy atom. The van der Waals surface area contributed by atoms with Gasteiger partial charge in [0.25, 0.3) is 0 Å². The minimum atomic E-state index is -3.68. The van der Waals surface area contributed by atoms with E-state index in [4.69, 9.17) is 9.68 Å². The van der Waals surface area contributed by atoms with E-state index in [1.165, 1.54) is 12.3 Å². The summed E-state index contributed by atoms with van der Waals surface area (Å²) in [5, 5.41) is 18.1. The van der Waals surface area contributed by atoms with Gasteiger partial charge in [-0.05, 0) is 29.8 Å². The quantitative estimate of drug-likeness (QED) is 0.837. The topological polar surface area (TPSA) is 103 Å². The smallest absolute Gasteiger partial charge is 0.216 e. The van der Waals surface area contributed by atoms with Gasteiger partial charge in [-0.1, -0.05) is 12.1 Å². The minimum absolute atomic E-state index is 0.278. The third-order valence-electron chi connectivity index (χ3n) is 2.80. The highest BCUT2D eigenvalue weighted by atomic mass is 32.2. The van der Waals surface area contributed by atoms with Gasteiger partial charge >= 0.3 is 0 Å². The molecule has 0 radical (unpaired) electrons. The second kappa shape index (κ2) is 6.54. The Kier molecular flexibility index (Phi) is 4.75. The zero-order valence-corrected chi connectivity index (χ0v) is 11.9. The Morgan fingerprint density at radius 2 is 2.14 bits per heavy atom. The van der Waals surface area contributed by atoms with Crippen molar-refractivity contribution in [1.82, 2.24) is 4.72 Å². The molecule has 0 aliphatic carbocycles. The molecule has 1 aromatic heterocycles. The first-order chi connectivity index (χ1) is 10.0. The monoisotopic (exact) mass is 306 g/mol. The van der Waals surface area contributed by atoms with Crippen molar-refractivity contribution in [2.45, 2.75) is 11.8 Å². The molecule has 21 heavy (non-hydrogen) atoms. The summed E-state index contributed by atoms with van der Waals surface area (Å²) in [6.45, 7) is -0.412. The highest BCUT2D eigenvalue weighted by Crippen LogP contribution is 2.16. The maximum absolute atomic E-state index is 12.1. The highest BCUT2D eigenvalue weighted by Gasteiger charge is 2.21. The Labute approximate surface area is 122 Å². The molecule has 0 amide bonds. The van der Waals surface area contributed by atoms with Crippen LogP contribution in [0.4, 0.5) is 0 Å². The Morgan fingerprint density at radius 1 is 1.33 bits per heavy atom. The molecular weight excluding hydrogens is 292 g/mol. The van der Waals surface area contributed by atoms with Crippen molar-refractivity contribution in [3.8, 4) is 6.07 Å². The molecule has 0 bridgehead atoms. The molecule has 0 spiro atoms. The van der Waals surface area contributed by atoms with Crippen LogP contribution >= 0.6 is 0 Å². The lowest BCUT2D eigenvalue weighted by atomic mass is 10.2. The molecule has 0 aliphatic rings. The van der Waals surface area contributed by atoms with Crippen molar-refractivity contribution < 1.29 is 17.9 Å². The number of furan rings is 1. The van der Waals surface area contributed by atoms with Crippen molar-refractivity contribution in [2.24, 2.45) is 0 Å². The fraction of sp³-hybridized carbons (Fsp3) is 0.214. The van der Waals surface area contributed by atoms with Gasteiger partial charge in [0.15, 0.2) is 0 Å². The number of hydrogen-bond donors (Lipinski definition) is 2. The van der Waals surface area contributed by atoms with E-state index in [0.717, 1.165) is 0 Å². The fourth-order valence-electron chi connectivity index (χ4n) is 1.88. The molecule has 0 saturated carbocycles. The number of benzene rings is 1. The van der Waals surface area contributed by atoms with E-state index in [1.807, 2.05) is 6.07 Å². The van der Waals surface area contributed by atoms with Gasteiger partial charge in [0.1, 0.15) is 11.8 Å². The van der Waals surface area contributed by atoms with Crippen LogP contribution in [0.1, 0.15) is 22.9 Å². The zero-order chi connectivity index (χ0) is 15.3. The predicted molar refractivity (Wildman–Crippen MR) is 75.5 cm³/mol. The fourth-order valence-corrected chi connectivity index (χ4v) is 3.21. The Bertz CT molecular complexity index is 733. The van der Waals surface area contributed by atoms with Crippen LogP contribution in [0.3, 0.4) is 0 Å². The van der Waals surface area contributed by atoms with Gasteiger partial charge in [0.05, 0.1) is 30.3 Å². The van der Waals surface area contributed by atoms with Gasteiger partial charge in [-0.3, -0.25) is 0 Å². The number of aliphatic hydroxyl groups is 1. The van der Waals surface area contributed by atoms with Crippen molar-refractivity contribution in [1.29, 1.82) is 5.26 Å². The summed E-state index contributed by atoms with van der Waals surface area (Å²) in [4.78, 5) is 0. The standard InChI is InChI=1S/C14H14N2O4S/c15-8-11-3-1-4-12(7-11)10-21(18,19)16-13(9-17)14-5-2-6-20-14/h1-7,13,16-17H,9-10H2. The second-order valence-corrected chi connectivity index (χ2v) is 6.19. The van der Waals surface area contributed by atoms with Crippen LogP contribution in [0.15, 0.2) is 47.1 Å². The van der Waals surface area contributed by atoms with E-state index >= 15 is 0 Å². The van der Waals surface area contributed by atoms with E-state index in [1.54, 1.807) is 30.3 Å². The van der Waals surface area contributed by atoms with Gasteiger partial charge in [-0.15, -0.1) is 0 Å². The van der Waals surface area contributed by atoms with Crippen LogP contribution in [0.2, 0.25) is 0 Å². The van der Waals surface area contributed by atoms with Crippen LogP contribution in [0.5, 0.6) is 0 Å². The lowest BCUT2D eigenvalue weighted by molar-refractivity contribution is 0.242. The molecular formula is C14H14N2O4S. The molecule has 2 rings (SSSR count). The van der Waals surface area contributed by atoms with E-state index in [0.29, 0.717) is 16.9 Å². The van der Waals surface area contributed by atoms with Crippen molar-refractivity contribution in [2.75, 3.05) is 6.61 Å². The summed E-state index contributed by atoms with van der Waals surface area (Å²) in [5.41, 5.74) is 0.894. The van der Waals surface area contributed by atoms with Crippen molar-refractivity contribution in [3.05, 3.63) is 59.5 Å². The molecule has 1 atom stereocenters. The number of nitrogens with zero attached hydrogens (tertiary/aromatic N) is 1. The minimum Gasteiger partial charge on any atom is -0.468 e. The molecule has 1 heterocycles. The third-order valence-corrected chi connectivity index (χ3v) is 4.16. The Hall–Kier alpha value is -2.14. The normalized spacial score (nSPS) is 12.8. The lowest BCUT2D eigenvalue weighted by Gasteiger charge is -2.14. The van der Waals surface area contributed by atoms with Crippen molar-refractivity contribution in [3.63, 3.8) is 0 Å². The van der Waals surface area contributed by atoms with Gasteiger partial charge in [-0.2, -0.15) is 5.26 Å². The summed E-state index contributed by atoms with van der Waals surface area (Å²) in [7, 11) is -3.68. The van der Waals surface area contributed by atoms with E-state index in [2.05, 4.69) is 4.72 Å². The van der Waals surface area contributed by atoms with Crippen LogP contribution in [0, 0.1) is 11.3 Å². The van der Waals surface area contributed by atoms with Crippen LogP contribution in [-0.4, -0.2) is 20.1 Å². The second-order valence-electron chi connectivity index (χ2n) is 4.44. The van der Waals surface area contributed by atoms with E-state index in [-0.39, 0.29) is 5.75 Å². The molecule has 110 valence electrons. The van der Waals surface area contributed by atoms with E-state index < -0.39 is 22.7 Å². The average molecular weight is 306 g/mol.